The summed E-state index contributed by atoms with van der Waals surface area (Å²) >= 11 is 0. The molecule has 0 spiro atoms. The Morgan fingerprint density at radius 1 is 1.03 bits per heavy atom. The van der Waals surface area contributed by atoms with Gasteiger partial charge in [-0.05, 0) is 43.3 Å². The SMILES string of the molecule is Cc1ccc(C(=O)Cn2cnc3c2c(=O)n(Cc2ccco2)c(=O)n3-c2ccc(F)cc2)cc1. The summed E-state index contributed by atoms with van der Waals surface area (Å²) in [4.78, 5) is 44.0. The number of furan rings is 1. The van der Waals surface area contributed by atoms with E-state index in [0.717, 1.165) is 10.1 Å². The first-order chi connectivity index (χ1) is 16.4. The Kier molecular flexibility index (Phi) is 5.29. The van der Waals surface area contributed by atoms with Crippen LogP contribution >= 0.6 is 0 Å². The fraction of sp³-hybridized carbons (Fsp3) is 0.120. The number of rotatable bonds is 6. The van der Waals surface area contributed by atoms with Gasteiger partial charge in [-0.3, -0.25) is 14.2 Å². The number of aromatic nitrogens is 4. The molecule has 34 heavy (non-hydrogen) atoms. The third kappa shape index (κ3) is 3.77. The van der Waals surface area contributed by atoms with Gasteiger partial charge in [-0.25, -0.2) is 18.7 Å². The number of hydrogen-bond donors (Lipinski definition) is 0. The second-order valence-corrected chi connectivity index (χ2v) is 7.90. The van der Waals surface area contributed by atoms with Crippen LogP contribution in [0.25, 0.3) is 16.9 Å². The van der Waals surface area contributed by atoms with Crippen molar-refractivity contribution < 1.29 is 13.6 Å². The molecule has 0 saturated heterocycles. The molecule has 2 aromatic carbocycles. The topological polar surface area (TPSA) is 92.0 Å². The van der Waals surface area contributed by atoms with E-state index in [1.54, 1.807) is 24.3 Å². The van der Waals surface area contributed by atoms with Gasteiger partial charge in [-0.2, -0.15) is 0 Å². The van der Waals surface area contributed by atoms with Crippen LogP contribution < -0.4 is 11.2 Å². The molecule has 5 aromatic rings. The average molecular weight is 458 g/mol. The molecule has 0 bridgehead atoms. The molecule has 3 heterocycles. The molecule has 3 aromatic heterocycles. The highest BCUT2D eigenvalue weighted by Crippen LogP contribution is 2.15. The fourth-order valence-corrected chi connectivity index (χ4v) is 3.81. The summed E-state index contributed by atoms with van der Waals surface area (Å²) < 4.78 is 22.5. The van der Waals surface area contributed by atoms with Gasteiger partial charge in [0.1, 0.15) is 11.6 Å². The van der Waals surface area contributed by atoms with Crippen molar-refractivity contribution in [2.45, 2.75) is 20.0 Å². The molecule has 0 aliphatic carbocycles. The first-order valence-corrected chi connectivity index (χ1v) is 10.5. The zero-order valence-electron chi connectivity index (χ0n) is 18.1. The molecule has 0 aliphatic heterocycles. The van der Waals surface area contributed by atoms with E-state index >= 15 is 0 Å². The first-order valence-electron chi connectivity index (χ1n) is 10.5. The lowest BCUT2D eigenvalue weighted by molar-refractivity contribution is 0.0973. The summed E-state index contributed by atoms with van der Waals surface area (Å²) in [7, 11) is 0. The van der Waals surface area contributed by atoms with E-state index in [1.807, 2.05) is 19.1 Å². The van der Waals surface area contributed by atoms with E-state index in [-0.39, 0.29) is 30.0 Å². The van der Waals surface area contributed by atoms with E-state index < -0.39 is 17.1 Å². The molecule has 0 N–H and O–H groups in total. The van der Waals surface area contributed by atoms with E-state index in [0.29, 0.717) is 17.0 Å². The number of halogens is 1. The van der Waals surface area contributed by atoms with Crippen molar-refractivity contribution in [2.75, 3.05) is 0 Å². The molecular formula is C25H19FN4O4. The molecule has 5 rings (SSSR count). The van der Waals surface area contributed by atoms with Crippen LogP contribution in [-0.2, 0) is 13.1 Å². The predicted octanol–water partition coefficient (Wildman–Crippen LogP) is 3.32. The van der Waals surface area contributed by atoms with Gasteiger partial charge in [0.25, 0.3) is 5.56 Å². The van der Waals surface area contributed by atoms with E-state index in [2.05, 4.69) is 4.98 Å². The van der Waals surface area contributed by atoms with Crippen molar-refractivity contribution in [1.29, 1.82) is 0 Å². The molecule has 0 amide bonds. The highest BCUT2D eigenvalue weighted by molar-refractivity contribution is 5.96. The molecule has 170 valence electrons. The number of aryl methyl sites for hydroxylation is 1. The van der Waals surface area contributed by atoms with Crippen LogP contribution in [0.5, 0.6) is 0 Å². The van der Waals surface area contributed by atoms with E-state index in [9.17, 15) is 18.8 Å². The fourth-order valence-electron chi connectivity index (χ4n) is 3.81. The summed E-state index contributed by atoms with van der Waals surface area (Å²) in [5.74, 6) is -0.270. The van der Waals surface area contributed by atoms with Gasteiger partial charge >= 0.3 is 5.69 Å². The summed E-state index contributed by atoms with van der Waals surface area (Å²) in [6.07, 6.45) is 2.80. The number of carbonyl (C=O) groups is 1. The van der Waals surface area contributed by atoms with Crippen LogP contribution in [0, 0.1) is 12.7 Å². The number of Topliss-reactive ketones (excluding diaryl/α,β-unsaturated/α-hetero) is 1. The summed E-state index contributed by atoms with van der Waals surface area (Å²) in [6, 6.07) is 15.7. The Hall–Kier alpha value is -4.53. The maximum Gasteiger partial charge on any atom is 0.337 e. The highest BCUT2D eigenvalue weighted by Gasteiger charge is 2.21. The lowest BCUT2D eigenvalue weighted by Crippen LogP contribution is -2.40. The number of ketones is 1. The van der Waals surface area contributed by atoms with Gasteiger partial charge in [0.05, 0.1) is 31.4 Å². The Labute approximate surface area is 192 Å². The maximum absolute atomic E-state index is 13.5. The van der Waals surface area contributed by atoms with Gasteiger partial charge in [0.2, 0.25) is 0 Å². The van der Waals surface area contributed by atoms with Gasteiger partial charge in [-0.15, -0.1) is 0 Å². The molecule has 0 atom stereocenters. The smallest absolute Gasteiger partial charge is 0.337 e. The van der Waals surface area contributed by atoms with Crippen molar-refractivity contribution >= 4 is 16.9 Å². The molecule has 8 nitrogen and oxygen atoms in total. The summed E-state index contributed by atoms with van der Waals surface area (Å²) in [5, 5.41) is 0. The minimum atomic E-state index is -0.657. The molecule has 0 saturated carbocycles. The molecule has 0 unspecified atom stereocenters. The van der Waals surface area contributed by atoms with Gasteiger partial charge in [0.15, 0.2) is 16.9 Å². The number of carbonyl (C=O) groups excluding carboxylic acids is 1. The molecule has 0 radical (unpaired) electrons. The third-order valence-electron chi connectivity index (χ3n) is 5.57. The predicted molar refractivity (Wildman–Crippen MR) is 123 cm³/mol. The Balaban J connectivity index is 1.70. The zero-order valence-corrected chi connectivity index (χ0v) is 18.1. The Bertz CT molecular complexity index is 1610. The highest BCUT2D eigenvalue weighted by atomic mass is 19.1. The summed E-state index contributed by atoms with van der Waals surface area (Å²) in [5.41, 5.74) is 0.744. The molecule has 0 aliphatic rings. The first kappa shape index (κ1) is 21.3. The quantitative estimate of drug-likeness (QED) is 0.364. The maximum atomic E-state index is 13.5. The third-order valence-corrected chi connectivity index (χ3v) is 5.57. The second-order valence-electron chi connectivity index (χ2n) is 7.90. The largest absolute Gasteiger partial charge is 0.467 e. The van der Waals surface area contributed by atoms with Crippen LogP contribution in [0.15, 0.2) is 87.3 Å². The van der Waals surface area contributed by atoms with Crippen LogP contribution in [-0.4, -0.2) is 24.5 Å². The van der Waals surface area contributed by atoms with Crippen LogP contribution in [0.1, 0.15) is 21.7 Å². The van der Waals surface area contributed by atoms with Crippen molar-refractivity contribution in [3.05, 3.63) is 117 Å². The minimum Gasteiger partial charge on any atom is -0.467 e. The number of benzene rings is 2. The molecule has 9 heteroatoms. The Morgan fingerprint density at radius 3 is 2.44 bits per heavy atom. The van der Waals surface area contributed by atoms with Crippen molar-refractivity contribution in [3.63, 3.8) is 0 Å². The standard InChI is InChI=1S/C25H19FN4O4/c1-16-4-6-17(7-5-16)21(31)14-28-15-27-23-22(28)24(32)29(13-20-3-2-12-34-20)25(33)30(23)19-10-8-18(26)9-11-19/h2-12,15H,13-14H2,1H3. The minimum absolute atomic E-state index is 0.0778. The van der Waals surface area contributed by atoms with E-state index in [4.69, 9.17) is 4.42 Å². The van der Waals surface area contributed by atoms with E-state index in [1.165, 1.54) is 46.0 Å². The number of nitrogens with zero attached hydrogens (tertiary/aromatic N) is 4. The van der Waals surface area contributed by atoms with Crippen LogP contribution in [0.4, 0.5) is 4.39 Å². The number of hydrogen-bond acceptors (Lipinski definition) is 5. The zero-order chi connectivity index (χ0) is 23.8. The van der Waals surface area contributed by atoms with Crippen LogP contribution in [0.3, 0.4) is 0 Å². The van der Waals surface area contributed by atoms with Crippen molar-refractivity contribution in [3.8, 4) is 5.69 Å². The van der Waals surface area contributed by atoms with Gasteiger partial charge < -0.3 is 8.98 Å². The lowest BCUT2D eigenvalue weighted by Gasteiger charge is -2.12. The normalized spacial score (nSPS) is 11.2. The molecule has 0 fully saturated rings. The number of fused-ring (bicyclic) bond motifs is 1. The van der Waals surface area contributed by atoms with Gasteiger partial charge in [-0.1, -0.05) is 29.8 Å². The summed E-state index contributed by atoms with van der Waals surface area (Å²) in [6.45, 7) is 1.67. The average Bonchev–Trinajstić information content (AvgIpc) is 3.49. The van der Waals surface area contributed by atoms with Crippen LogP contribution in [0.2, 0.25) is 0 Å². The lowest BCUT2D eigenvalue weighted by atomic mass is 10.1. The van der Waals surface area contributed by atoms with Crippen molar-refractivity contribution in [1.82, 2.24) is 18.7 Å². The monoisotopic (exact) mass is 458 g/mol. The van der Waals surface area contributed by atoms with Gasteiger partial charge in [0, 0.05) is 5.56 Å². The Morgan fingerprint density at radius 2 is 1.76 bits per heavy atom. The van der Waals surface area contributed by atoms with Crippen molar-refractivity contribution in [2.24, 2.45) is 0 Å². The molecular weight excluding hydrogens is 439 g/mol. The number of imidazole rings is 1. The second kappa shape index (κ2) is 8.43.